The summed E-state index contributed by atoms with van der Waals surface area (Å²) in [5.41, 5.74) is 2.08. The first-order chi connectivity index (χ1) is 12.5. The summed E-state index contributed by atoms with van der Waals surface area (Å²) in [6, 6.07) is 7.10. The lowest BCUT2D eigenvalue weighted by atomic mass is 9.80. The van der Waals surface area contributed by atoms with E-state index in [-0.39, 0.29) is 5.82 Å². The van der Waals surface area contributed by atoms with Crippen molar-refractivity contribution >= 4 is 0 Å². The molecule has 0 saturated carbocycles. The standard InChI is InChI=1S/C21H26FN3O/c1-3-9-24-13-16(15(2)23-24)14-25-19-7-8-20(25)12-21(26,11-19)17-5-4-6-18(22)10-17/h3-6,10,13,19-20,26H,1,7-9,11-12,14H2,2H3/t19-,20-/m0/s1. The first-order valence-corrected chi connectivity index (χ1v) is 9.36. The molecule has 2 bridgehead atoms. The molecule has 1 aromatic heterocycles. The van der Waals surface area contributed by atoms with Gasteiger partial charge in [-0.3, -0.25) is 9.58 Å². The predicted molar refractivity (Wildman–Crippen MR) is 99.0 cm³/mol. The summed E-state index contributed by atoms with van der Waals surface area (Å²) in [5, 5.41) is 15.8. The van der Waals surface area contributed by atoms with Crippen LogP contribution in [0.2, 0.25) is 0 Å². The van der Waals surface area contributed by atoms with Crippen molar-refractivity contribution < 1.29 is 9.50 Å². The highest BCUT2D eigenvalue weighted by Crippen LogP contribution is 2.46. The number of benzene rings is 1. The van der Waals surface area contributed by atoms with Gasteiger partial charge in [0.05, 0.1) is 17.8 Å². The number of aryl methyl sites for hydroxylation is 1. The van der Waals surface area contributed by atoms with Crippen molar-refractivity contribution in [3.8, 4) is 0 Å². The molecule has 0 radical (unpaired) electrons. The van der Waals surface area contributed by atoms with Gasteiger partial charge >= 0.3 is 0 Å². The van der Waals surface area contributed by atoms with E-state index in [2.05, 4.69) is 22.8 Å². The van der Waals surface area contributed by atoms with E-state index in [1.54, 1.807) is 6.07 Å². The fourth-order valence-electron chi connectivity index (χ4n) is 4.72. The Bertz CT molecular complexity index is 801. The van der Waals surface area contributed by atoms with Gasteiger partial charge < -0.3 is 5.11 Å². The largest absolute Gasteiger partial charge is 0.385 e. The summed E-state index contributed by atoms with van der Waals surface area (Å²) in [4.78, 5) is 2.51. The van der Waals surface area contributed by atoms with Crippen LogP contribution in [0, 0.1) is 12.7 Å². The summed E-state index contributed by atoms with van der Waals surface area (Å²) in [6.07, 6.45) is 7.44. The maximum atomic E-state index is 13.6. The molecule has 2 aliphatic rings. The van der Waals surface area contributed by atoms with Gasteiger partial charge in [0, 0.05) is 30.4 Å². The number of rotatable bonds is 5. The van der Waals surface area contributed by atoms with Crippen molar-refractivity contribution in [3.05, 3.63) is 65.8 Å². The fraction of sp³-hybridized carbons (Fsp3) is 0.476. The molecule has 26 heavy (non-hydrogen) atoms. The quantitative estimate of drug-likeness (QED) is 0.834. The summed E-state index contributed by atoms with van der Waals surface area (Å²) in [7, 11) is 0. The lowest BCUT2D eigenvalue weighted by Crippen LogP contribution is -2.49. The van der Waals surface area contributed by atoms with Crippen molar-refractivity contribution in [3.63, 3.8) is 0 Å². The third-order valence-electron chi connectivity index (χ3n) is 6.00. The van der Waals surface area contributed by atoms with Crippen LogP contribution in [0.5, 0.6) is 0 Å². The van der Waals surface area contributed by atoms with Crippen LogP contribution in [0.3, 0.4) is 0 Å². The van der Waals surface area contributed by atoms with Gasteiger partial charge in [0.2, 0.25) is 0 Å². The van der Waals surface area contributed by atoms with Crippen LogP contribution in [0.4, 0.5) is 4.39 Å². The molecule has 3 heterocycles. The van der Waals surface area contributed by atoms with E-state index in [0.717, 1.165) is 25.1 Å². The Kier molecular flexibility index (Phi) is 4.45. The first kappa shape index (κ1) is 17.4. The third kappa shape index (κ3) is 3.10. The zero-order valence-electron chi connectivity index (χ0n) is 15.2. The normalized spacial score (nSPS) is 28.4. The minimum Gasteiger partial charge on any atom is -0.385 e. The first-order valence-electron chi connectivity index (χ1n) is 9.36. The van der Waals surface area contributed by atoms with Gasteiger partial charge in [0.25, 0.3) is 0 Å². The highest BCUT2D eigenvalue weighted by Gasteiger charge is 2.48. The number of aromatic nitrogens is 2. The minimum atomic E-state index is -0.924. The molecule has 138 valence electrons. The Morgan fingerprint density at radius 2 is 2.08 bits per heavy atom. The molecular weight excluding hydrogens is 329 g/mol. The summed E-state index contributed by atoms with van der Waals surface area (Å²) in [6.45, 7) is 7.39. The van der Waals surface area contributed by atoms with Crippen LogP contribution in [0.15, 0.2) is 43.1 Å². The molecule has 2 fully saturated rings. The average Bonchev–Trinajstić information content (AvgIpc) is 3.06. The monoisotopic (exact) mass is 355 g/mol. The number of allylic oxidation sites excluding steroid dienone is 1. The number of hydrogen-bond acceptors (Lipinski definition) is 3. The number of fused-ring (bicyclic) bond motifs is 2. The molecule has 1 N–H and O–H groups in total. The fourth-order valence-corrected chi connectivity index (χ4v) is 4.72. The molecule has 4 rings (SSSR count). The Hall–Kier alpha value is -1.98. The Morgan fingerprint density at radius 3 is 2.73 bits per heavy atom. The minimum absolute atomic E-state index is 0.282. The molecule has 0 spiro atoms. The number of aliphatic hydroxyl groups is 1. The molecule has 0 unspecified atom stereocenters. The van der Waals surface area contributed by atoms with Crippen LogP contribution in [0.25, 0.3) is 0 Å². The van der Waals surface area contributed by atoms with Crippen LogP contribution in [0.1, 0.15) is 42.5 Å². The Morgan fingerprint density at radius 1 is 1.35 bits per heavy atom. The molecule has 2 atom stereocenters. The van der Waals surface area contributed by atoms with Gasteiger partial charge in [-0.15, -0.1) is 6.58 Å². The molecule has 0 amide bonds. The van der Waals surface area contributed by atoms with E-state index in [1.165, 1.54) is 17.7 Å². The summed E-state index contributed by atoms with van der Waals surface area (Å²) < 4.78 is 15.6. The average molecular weight is 355 g/mol. The van der Waals surface area contributed by atoms with Gasteiger partial charge in [-0.2, -0.15) is 5.10 Å². The molecule has 2 aliphatic heterocycles. The second-order valence-corrected chi connectivity index (χ2v) is 7.76. The molecule has 1 aromatic carbocycles. The molecule has 4 nitrogen and oxygen atoms in total. The third-order valence-corrected chi connectivity index (χ3v) is 6.00. The van der Waals surface area contributed by atoms with Crippen LogP contribution >= 0.6 is 0 Å². The lowest BCUT2D eigenvalue weighted by Gasteiger charge is -2.44. The van der Waals surface area contributed by atoms with E-state index >= 15 is 0 Å². The predicted octanol–water partition coefficient (Wildman–Crippen LogP) is 3.53. The maximum Gasteiger partial charge on any atom is 0.123 e. The zero-order valence-corrected chi connectivity index (χ0v) is 15.2. The van der Waals surface area contributed by atoms with E-state index in [1.807, 2.05) is 23.7 Å². The number of hydrogen-bond donors (Lipinski definition) is 1. The van der Waals surface area contributed by atoms with Gasteiger partial charge in [-0.25, -0.2) is 4.39 Å². The van der Waals surface area contributed by atoms with Crippen molar-refractivity contribution in [1.29, 1.82) is 0 Å². The second kappa shape index (κ2) is 6.63. The number of piperidine rings is 1. The molecule has 2 aromatic rings. The molecule has 0 aliphatic carbocycles. The van der Waals surface area contributed by atoms with E-state index < -0.39 is 5.60 Å². The maximum absolute atomic E-state index is 13.6. The molecule has 2 saturated heterocycles. The Labute approximate surface area is 153 Å². The van der Waals surface area contributed by atoms with E-state index in [4.69, 9.17) is 0 Å². The van der Waals surface area contributed by atoms with Crippen LogP contribution in [-0.2, 0) is 18.7 Å². The SMILES string of the molecule is C=CCn1cc(CN2[C@H]3CC[C@H]2CC(O)(c2cccc(F)c2)C3)c(C)n1. The molecular formula is C21H26FN3O. The highest BCUT2D eigenvalue weighted by molar-refractivity contribution is 5.26. The van der Waals surface area contributed by atoms with Gasteiger partial charge in [0.1, 0.15) is 5.82 Å². The zero-order chi connectivity index (χ0) is 18.3. The molecule has 5 heteroatoms. The van der Waals surface area contributed by atoms with E-state index in [0.29, 0.717) is 37.0 Å². The number of halogens is 1. The van der Waals surface area contributed by atoms with Gasteiger partial charge in [-0.05, 0) is 50.3 Å². The van der Waals surface area contributed by atoms with Crippen molar-refractivity contribution in [2.75, 3.05) is 0 Å². The highest BCUT2D eigenvalue weighted by atomic mass is 19.1. The van der Waals surface area contributed by atoms with Crippen molar-refractivity contribution in [2.45, 2.75) is 63.4 Å². The lowest BCUT2D eigenvalue weighted by molar-refractivity contribution is -0.0597. The summed E-state index contributed by atoms with van der Waals surface area (Å²) >= 11 is 0. The second-order valence-electron chi connectivity index (χ2n) is 7.76. The van der Waals surface area contributed by atoms with Crippen molar-refractivity contribution in [2.24, 2.45) is 0 Å². The van der Waals surface area contributed by atoms with E-state index in [9.17, 15) is 9.50 Å². The topological polar surface area (TPSA) is 41.3 Å². The van der Waals surface area contributed by atoms with Gasteiger partial charge in [0.15, 0.2) is 0 Å². The summed E-state index contributed by atoms with van der Waals surface area (Å²) in [5.74, 6) is -0.282. The van der Waals surface area contributed by atoms with Crippen LogP contribution in [-0.4, -0.2) is 31.9 Å². The van der Waals surface area contributed by atoms with Crippen molar-refractivity contribution in [1.82, 2.24) is 14.7 Å². The van der Waals surface area contributed by atoms with Crippen LogP contribution < -0.4 is 0 Å². The smallest absolute Gasteiger partial charge is 0.123 e. The van der Waals surface area contributed by atoms with Gasteiger partial charge in [-0.1, -0.05) is 18.2 Å². The Balaban J connectivity index is 1.53. The number of nitrogens with zero attached hydrogens (tertiary/aromatic N) is 3.